The monoisotopic (exact) mass is 399 g/mol. The molecule has 0 bridgehead atoms. The van der Waals surface area contributed by atoms with Crippen molar-refractivity contribution in [3.05, 3.63) is 88.7 Å². The van der Waals surface area contributed by atoms with E-state index in [-0.39, 0.29) is 5.02 Å². The van der Waals surface area contributed by atoms with E-state index in [1.165, 1.54) is 12.1 Å². The molecular formula is C22H19ClFNOS. The SMILES string of the molecule is CSC/C(=N/Oc1cccc(-c2ccccc2)c1C)c1ccc(Cl)c(F)c1. The standard InChI is InChI=1S/C22H19ClFNOS/c1-15-18(16-7-4-3-5-8-16)9-6-10-22(15)26-25-21(14-27-2)17-11-12-19(23)20(24)13-17/h3-13H,14H2,1-2H3/b25-21-. The van der Waals surface area contributed by atoms with E-state index in [4.69, 9.17) is 16.4 Å². The first-order valence-corrected chi connectivity index (χ1v) is 10.2. The summed E-state index contributed by atoms with van der Waals surface area (Å²) in [6.07, 6.45) is 1.96. The number of thioether (sulfide) groups is 1. The van der Waals surface area contributed by atoms with Crippen LogP contribution in [0.25, 0.3) is 11.1 Å². The largest absolute Gasteiger partial charge is 0.356 e. The fraction of sp³-hybridized carbons (Fsp3) is 0.136. The first-order chi connectivity index (χ1) is 13.1. The van der Waals surface area contributed by atoms with E-state index in [2.05, 4.69) is 23.4 Å². The van der Waals surface area contributed by atoms with Gasteiger partial charge in [-0.2, -0.15) is 11.8 Å². The van der Waals surface area contributed by atoms with Gasteiger partial charge in [0.05, 0.1) is 10.7 Å². The average Bonchev–Trinajstić information content (AvgIpc) is 2.69. The van der Waals surface area contributed by atoms with Crippen LogP contribution in [0.2, 0.25) is 5.02 Å². The van der Waals surface area contributed by atoms with E-state index in [0.717, 1.165) is 16.7 Å². The normalized spacial score (nSPS) is 11.5. The second kappa shape index (κ2) is 9.07. The third-order valence-corrected chi connectivity index (χ3v) is 5.03. The second-order valence-electron chi connectivity index (χ2n) is 5.99. The predicted molar refractivity (Wildman–Crippen MR) is 114 cm³/mol. The van der Waals surface area contributed by atoms with Crippen LogP contribution >= 0.6 is 23.4 Å². The number of oxime groups is 1. The predicted octanol–water partition coefficient (Wildman–Crippen LogP) is 6.60. The van der Waals surface area contributed by atoms with Gasteiger partial charge >= 0.3 is 0 Å². The zero-order valence-electron chi connectivity index (χ0n) is 15.1. The van der Waals surface area contributed by atoms with Crippen molar-refractivity contribution >= 4 is 29.1 Å². The van der Waals surface area contributed by atoms with E-state index in [0.29, 0.717) is 22.8 Å². The molecule has 0 unspecified atom stereocenters. The van der Waals surface area contributed by atoms with Crippen LogP contribution in [0.1, 0.15) is 11.1 Å². The van der Waals surface area contributed by atoms with Crippen molar-refractivity contribution in [1.29, 1.82) is 0 Å². The van der Waals surface area contributed by atoms with Crippen LogP contribution in [-0.4, -0.2) is 17.7 Å². The topological polar surface area (TPSA) is 21.6 Å². The lowest BCUT2D eigenvalue weighted by Gasteiger charge is -2.11. The first kappa shape index (κ1) is 19.5. The molecule has 2 nitrogen and oxygen atoms in total. The van der Waals surface area contributed by atoms with Gasteiger partial charge < -0.3 is 4.84 Å². The van der Waals surface area contributed by atoms with E-state index >= 15 is 0 Å². The fourth-order valence-electron chi connectivity index (χ4n) is 2.72. The maximum atomic E-state index is 13.8. The molecule has 0 aliphatic carbocycles. The molecule has 0 spiro atoms. The van der Waals surface area contributed by atoms with Crippen LogP contribution in [0, 0.1) is 12.7 Å². The number of hydrogen-bond acceptors (Lipinski definition) is 3. The van der Waals surface area contributed by atoms with Gasteiger partial charge in [0.1, 0.15) is 5.82 Å². The van der Waals surface area contributed by atoms with Crippen molar-refractivity contribution in [1.82, 2.24) is 0 Å². The lowest BCUT2D eigenvalue weighted by Crippen LogP contribution is -2.07. The summed E-state index contributed by atoms with van der Waals surface area (Å²) in [5.41, 5.74) is 4.52. The minimum atomic E-state index is -0.467. The van der Waals surface area contributed by atoms with Crippen LogP contribution in [0.15, 0.2) is 71.9 Å². The summed E-state index contributed by atoms with van der Waals surface area (Å²) in [6.45, 7) is 2.00. The summed E-state index contributed by atoms with van der Waals surface area (Å²) >= 11 is 7.37. The van der Waals surface area contributed by atoms with Crippen LogP contribution in [0.4, 0.5) is 4.39 Å². The number of nitrogens with zero attached hydrogens (tertiary/aromatic N) is 1. The molecule has 5 heteroatoms. The first-order valence-electron chi connectivity index (χ1n) is 8.43. The molecule has 138 valence electrons. The lowest BCUT2D eigenvalue weighted by atomic mass is 10.0. The Balaban J connectivity index is 1.92. The minimum Gasteiger partial charge on any atom is -0.356 e. The highest BCUT2D eigenvalue weighted by atomic mass is 35.5. The summed E-state index contributed by atoms with van der Waals surface area (Å²) in [7, 11) is 0. The Hall–Kier alpha value is -2.30. The molecule has 3 rings (SSSR count). The summed E-state index contributed by atoms with van der Waals surface area (Å²) in [6, 6.07) is 20.7. The molecule has 0 saturated heterocycles. The van der Waals surface area contributed by atoms with Gasteiger partial charge in [-0.05, 0) is 42.5 Å². The van der Waals surface area contributed by atoms with Crippen molar-refractivity contribution in [2.24, 2.45) is 5.16 Å². The second-order valence-corrected chi connectivity index (χ2v) is 7.26. The Kier molecular flexibility index (Phi) is 6.54. The van der Waals surface area contributed by atoms with Crippen LogP contribution in [0.3, 0.4) is 0 Å². The molecular weight excluding hydrogens is 381 g/mol. The highest BCUT2D eigenvalue weighted by Crippen LogP contribution is 2.30. The molecule has 3 aromatic carbocycles. The number of benzene rings is 3. The van der Waals surface area contributed by atoms with E-state index in [1.54, 1.807) is 17.8 Å². The molecule has 27 heavy (non-hydrogen) atoms. The van der Waals surface area contributed by atoms with Crippen molar-refractivity contribution < 1.29 is 9.23 Å². The summed E-state index contributed by atoms with van der Waals surface area (Å²) in [5.74, 6) is 0.799. The summed E-state index contributed by atoms with van der Waals surface area (Å²) < 4.78 is 13.8. The molecule has 0 heterocycles. The third kappa shape index (κ3) is 4.71. The van der Waals surface area contributed by atoms with Crippen molar-refractivity contribution in [2.45, 2.75) is 6.92 Å². The Bertz CT molecular complexity index is 960. The van der Waals surface area contributed by atoms with Gasteiger partial charge in [-0.1, -0.05) is 65.3 Å². The molecule has 0 fully saturated rings. The van der Waals surface area contributed by atoms with Gasteiger partial charge in [0.25, 0.3) is 0 Å². The average molecular weight is 400 g/mol. The number of halogens is 2. The van der Waals surface area contributed by atoms with Gasteiger partial charge in [-0.25, -0.2) is 4.39 Å². The van der Waals surface area contributed by atoms with Gasteiger partial charge in [0.2, 0.25) is 0 Å². The van der Waals surface area contributed by atoms with Gasteiger partial charge in [-0.15, -0.1) is 0 Å². The molecule has 3 aromatic rings. The lowest BCUT2D eigenvalue weighted by molar-refractivity contribution is 0.339. The molecule has 0 N–H and O–H groups in total. The maximum absolute atomic E-state index is 13.8. The quantitative estimate of drug-likeness (QED) is 0.344. The zero-order valence-corrected chi connectivity index (χ0v) is 16.7. The Morgan fingerprint density at radius 3 is 2.56 bits per heavy atom. The third-order valence-electron chi connectivity index (χ3n) is 4.16. The van der Waals surface area contributed by atoms with Crippen molar-refractivity contribution in [3.63, 3.8) is 0 Å². The van der Waals surface area contributed by atoms with E-state index in [9.17, 15) is 4.39 Å². The summed E-state index contributed by atoms with van der Waals surface area (Å²) in [5, 5.41) is 4.40. The zero-order chi connectivity index (χ0) is 19.2. The highest BCUT2D eigenvalue weighted by Gasteiger charge is 2.10. The van der Waals surface area contributed by atoms with Crippen molar-refractivity contribution in [3.8, 4) is 16.9 Å². The Morgan fingerprint density at radius 2 is 1.85 bits per heavy atom. The smallest absolute Gasteiger partial charge is 0.161 e. The molecule has 0 atom stereocenters. The van der Waals surface area contributed by atoms with Gasteiger partial charge in [0, 0.05) is 16.9 Å². The van der Waals surface area contributed by atoms with Gasteiger partial charge in [0.15, 0.2) is 5.75 Å². The highest BCUT2D eigenvalue weighted by molar-refractivity contribution is 7.99. The number of hydrogen-bond donors (Lipinski definition) is 0. The van der Waals surface area contributed by atoms with Crippen LogP contribution in [-0.2, 0) is 0 Å². The van der Waals surface area contributed by atoms with Gasteiger partial charge in [-0.3, -0.25) is 0 Å². The minimum absolute atomic E-state index is 0.0922. The molecule has 0 aromatic heterocycles. The van der Waals surface area contributed by atoms with Crippen LogP contribution in [0.5, 0.6) is 5.75 Å². The Morgan fingerprint density at radius 1 is 1.07 bits per heavy atom. The number of rotatable bonds is 6. The molecule has 0 amide bonds. The van der Waals surface area contributed by atoms with E-state index < -0.39 is 5.82 Å². The maximum Gasteiger partial charge on any atom is 0.161 e. The Labute approximate surface area is 168 Å². The molecule has 0 aliphatic heterocycles. The summed E-state index contributed by atoms with van der Waals surface area (Å²) in [4.78, 5) is 5.76. The molecule has 0 radical (unpaired) electrons. The molecule has 0 saturated carbocycles. The van der Waals surface area contributed by atoms with E-state index in [1.807, 2.05) is 43.5 Å². The molecule has 0 aliphatic rings. The fourth-order valence-corrected chi connectivity index (χ4v) is 3.33. The van der Waals surface area contributed by atoms with Crippen molar-refractivity contribution in [2.75, 3.05) is 12.0 Å². The van der Waals surface area contributed by atoms with Crippen LogP contribution < -0.4 is 4.84 Å².